The zero-order chi connectivity index (χ0) is 13.4. The van der Waals surface area contributed by atoms with Crippen LogP contribution in [0.4, 0.5) is 0 Å². The third-order valence-electron chi connectivity index (χ3n) is 2.43. The predicted molar refractivity (Wildman–Crippen MR) is 67.1 cm³/mol. The van der Waals surface area contributed by atoms with Gasteiger partial charge in [-0.05, 0) is 20.8 Å². The van der Waals surface area contributed by atoms with Gasteiger partial charge in [0.15, 0.2) is 5.82 Å². The van der Waals surface area contributed by atoms with Crippen molar-refractivity contribution in [2.75, 3.05) is 0 Å². The second-order valence-electron chi connectivity index (χ2n) is 3.83. The van der Waals surface area contributed by atoms with Crippen LogP contribution in [0, 0.1) is 20.8 Å². The highest BCUT2D eigenvalue weighted by molar-refractivity contribution is 7.15. The maximum Gasteiger partial charge on any atom is 0.343 e. The fourth-order valence-electron chi connectivity index (χ4n) is 1.70. The molecule has 2 aromatic rings. The summed E-state index contributed by atoms with van der Waals surface area (Å²) in [5.74, 6) is -0.907. The third-order valence-corrected chi connectivity index (χ3v) is 3.51. The summed E-state index contributed by atoms with van der Waals surface area (Å²) >= 11 is 1.41. The Morgan fingerprint density at radius 3 is 2.33 bits per heavy atom. The number of thiazole rings is 1. The lowest BCUT2D eigenvalue weighted by Gasteiger charge is -2.02. The van der Waals surface area contributed by atoms with Gasteiger partial charge in [-0.2, -0.15) is 0 Å². The van der Waals surface area contributed by atoms with Crippen LogP contribution in [0.1, 0.15) is 26.8 Å². The second-order valence-corrected chi connectivity index (χ2v) is 5.03. The van der Waals surface area contributed by atoms with Crippen LogP contribution in [-0.4, -0.2) is 26.0 Å². The molecule has 0 unspecified atom stereocenters. The minimum Gasteiger partial charge on any atom is -0.477 e. The molecule has 0 bridgehead atoms. The average Bonchev–Trinajstić information content (AvgIpc) is 2.56. The molecule has 0 atom stereocenters. The van der Waals surface area contributed by atoms with E-state index in [1.54, 1.807) is 0 Å². The molecule has 0 fully saturated rings. The number of hydrogen-bond acceptors (Lipinski definition) is 5. The monoisotopic (exact) mass is 265 g/mol. The average molecular weight is 265 g/mol. The zero-order valence-corrected chi connectivity index (χ0v) is 10.9. The van der Waals surface area contributed by atoms with Gasteiger partial charge in [-0.25, -0.2) is 14.8 Å². The van der Waals surface area contributed by atoms with Crippen LogP contribution in [0.5, 0.6) is 0 Å². The first-order chi connectivity index (χ1) is 8.40. The molecule has 6 nitrogen and oxygen atoms in total. The number of aryl methyl sites for hydroxylation is 3. The summed E-state index contributed by atoms with van der Waals surface area (Å²) in [6.07, 6.45) is 0. The van der Waals surface area contributed by atoms with E-state index in [0.717, 1.165) is 15.6 Å². The van der Waals surface area contributed by atoms with Crippen molar-refractivity contribution in [3.05, 3.63) is 32.3 Å². The summed E-state index contributed by atoms with van der Waals surface area (Å²) in [5.41, 5.74) is 0.00271. The Bertz CT molecular complexity index is 687. The number of hydrogen-bond donors (Lipinski definition) is 2. The highest BCUT2D eigenvalue weighted by Crippen LogP contribution is 2.26. The Kier molecular flexibility index (Phi) is 3.00. The van der Waals surface area contributed by atoms with Crippen molar-refractivity contribution in [1.29, 1.82) is 0 Å². The Morgan fingerprint density at radius 1 is 1.22 bits per heavy atom. The van der Waals surface area contributed by atoms with Gasteiger partial charge in [-0.3, -0.25) is 4.79 Å². The number of rotatable bonds is 2. The van der Waals surface area contributed by atoms with Gasteiger partial charge in [0.25, 0.3) is 5.56 Å². The Labute approximate surface area is 106 Å². The van der Waals surface area contributed by atoms with Crippen LogP contribution >= 0.6 is 11.3 Å². The van der Waals surface area contributed by atoms with Gasteiger partial charge < -0.3 is 10.1 Å². The van der Waals surface area contributed by atoms with Gasteiger partial charge in [0.2, 0.25) is 0 Å². The highest BCUT2D eigenvalue weighted by atomic mass is 32.1. The molecule has 0 aliphatic rings. The van der Waals surface area contributed by atoms with E-state index in [9.17, 15) is 9.59 Å². The quantitative estimate of drug-likeness (QED) is 0.858. The molecule has 0 amide bonds. The fourth-order valence-corrected chi connectivity index (χ4v) is 2.56. The summed E-state index contributed by atoms with van der Waals surface area (Å²) < 4.78 is 0. The number of nitrogens with zero attached hydrogens (tertiary/aromatic N) is 2. The minimum absolute atomic E-state index is 0.201. The Balaban J connectivity index is 2.66. The molecule has 0 spiro atoms. The summed E-state index contributed by atoms with van der Waals surface area (Å²) in [7, 11) is 0. The molecule has 2 heterocycles. The highest BCUT2D eigenvalue weighted by Gasteiger charge is 2.17. The normalized spacial score (nSPS) is 10.6. The van der Waals surface area contributed by atoms with Crippen molar-refractivity contribution in [3.63, 3.8) is 0 Å². The van der Waals surface area contributed by atoms with E-state index in [1.165, 1.54) is 18.3 Å². The molecule has 0 aromatic carbocycles. The van der Waals surface area contributed by atoms with E-state index in [-0.39, 0.29) is 11.3 Å². The fraction of sp³-hybridized carbons (Fsp3) is 0.273. The molecule has 2 N–H and O–H groups in total. The van der Waals surface area contributed by atoms with Gasteiger partial charge in [0.05, 0.1) is 21.3 Å². The van der Waals surface area contributed by atoms with E-state index >= 15 is 0 Å². The van der Waals surface area contributed by atoms with E-state index in [0.29, 0.717) is 5.82 Å². The Hall–Kier alpha value is -2.02. The van der Waals surface area contributed by atoms with E-state index in [1.807, 2.05) is 13.8 Å². The zero-order valence-electron chi connectivity index (χ0n) is 10.1. The first-order valence-corrected chi connectivity index (χ1v) is 6.00. The van der Waals surface area contributed by atoms with E-state index in [2.05, 4.69) is 15.0 Å². The van der Waals surface area contributed by atoms with Crippen molar-refractivity contribution in [3.8, 4) is 10.7 Å². The first-order valence-electron chi connectivity index (χ1n) is 5.18. The van der Waals surface area contributed by atoms with Crippen molar-refractivity contribution in [2.24, 2.45) is 0 Å². The number of carboxylic acids is 1. The molecule has 0 saturated heterocycles. The summed E-state index contributed by atoms with van der Waals surface area (Å²) in [6.45, 7) is 5.18. The SMILES string of the molecule is Cc1nc(C)c(-c2nc(C)c(C(=O)O)c(=O)[nH]2)s1. The number of aromatic amines is 1. The molecular weight excluding hydrogens is 254 g/mol. The Morgan fingerprint density at radius 2 is 1.89 bits per heavy atom. The molecule has 0 radical (unpaired) electrons. The molecule has 0 aliphatic carbocycles. The molecule has 0 saturated carbocycles. The molecule has 0 aliphatic heterocycles. The lowest BCUT2D eigenvalue weighted by molar-refractivity contribution is 0.0693. The van der Waals surface area contributed by atoms with Gasteiger partial charge in [-0.15, -0.1) is 11.3 Å². The number of aromatic carboxylic acids is 1. The maximum atomic E-state index is 11.7. The minimum atomic E-state index is -1.27. The predicted octanol–water partition coefficient (Wildman–Crippen LogP) is 1.52. The number of carboxylic acid groups (broad SMARTS) is 1. The molecule has 2 rings (SSSR count). The number of aromatic nitrogens is 3. The largest absolute Gasteiger partial charge is 0.477 e. The van der Waals surface area contributed by atoms with Crippen LogP contribution in [0.25, 0.3) is 10.7 Å². The molecule has 18 heavy (non-hydrogen) atoms. The third kappa shape index (κ3) is 2.04. The van der Waals surface area contributed by atoms with Gasteiger partial charge in [0.1, 0.15) is 5.56 Å². The number of carbonyl (C=O) groups is 1. The van der Waals surface area contributed by atoms with E-state index < -0.39 is 11.5 Å². The van der Waals surface area contributed by atoms with E-state index in [4.69, 9.17) is 5.11 Å². The molecule has 2 aromatic heterocycles. The number of H-pyrrole nitrogens is 1. The molecule has 7 heteroatoms. The first kappa shape index (κ1) is 12.4. The summed E-state index contributed by atoms with van der Waals surface area (Å²) in [6, 6.07) is 0. The summed E-state index contributed by atoms with van der Waals surface area (Å²) in [5, 5.41) is 9.76. The van der Waals surface area contributed by atoms with Crippen LogP contribution < -0.4 is 5.56 Å². The second kappa shape index (κ2) is 4.34. The standard InChI is InChI=1S/C11H11N3O3S/c1-4-7(11(16)17)10(15)14-9(13-4)8-5(2)12-6(3)18-8/h1-3H3,(H,16,17)(H,13,14,15). The van der Waals surface area contributed by atoms with Crippen LogP contribution in [-0.2, 0) is 0 Å². The topological polar surface area (TPSA) is 95.9 Å². The summed E-state index contributed by atoms with van der Waals surface area (Å²) in [4.78, 5) is 34.2. The number of nitrogens with one attached hydrogen (secondary N) is 1. The van der Waals surface area contributed by atoms with Crippen molar-refractivity contribution < 1.29 is 9.90 Å². The lowest BCUT2D eigenvalue weighted by atomic mass is 10.2. The van der Waals surface area contributed by atoms with Crippen molar-refractivity contribution >= 4 is 17.3 Å². The molecule has 94 valence electrons. The van der Waals surface area contributed by atoms with Crippen LogP contribution in [0.3, 0.4) is 0 Å². The maximum absolute atomic E-state index is 11.7. The van der Waals surface area contributed by atoms with Crippen molar-refractivity contribution in [1.82, 2.24) is 15.0 Å². The molecular formula is C11H11N3O3S. The van der Waals surface area contributed by atoms with Crippen molar-refractivity contribution in [2.45, 2.75) is 20.8 Å². The smallest absolute Gasteiger partial charge is 0.343 e. The van der Waals surface area contributed by atoms with Crippen LogP contribution in [0.2, 0.25) is 0 Å². The van der Waals surface area contributed by atoms with Gasteiger partial charge in [-0.1, -0.05) is 0 Å². The lowest BCUT2D eigenvalue weighted by Crippen LogP contribution is -2.21. The van der Waals surface area contributed by atoms with Gasteiger partial charge in [0, 0.05) is 0 Å². The van der Waals surface area contributed by atoms with Crippen LogP contribution in [0.15, 0.2) is 4.79 Å². The van der Waals surface area contributed by atoms with Gasteiger partial charge >= 0.3 is 5.97 Å².